The third-order valence-electron chi connectivity index (χ3n) is 2.98. The molecule has 0 spiro atoms. The van der Waals surface area contributed by atoms with E-state index in [2.05, 4.69) is 0 Å². The van der Waals surface area contributed by atoms with Crippen molar-refractivity contribution in [3.8, 4) is 0 Å². The van der Waals surface area contributed by atoms with E-state index in [1.165, 1.54) is 5.06 Å². The molecule has 118 valence electrons. The van der Waals surface area contributed by atoms with Crippen LogP contribution in [-0.4, -0.2) is 46.7 Å². The number of hydroxylamine groups is 2. The second-order valence-corrected chi connectivity index (χ2v) is 4.70. The van der Waals surface area contributed by atoms with Gasteiger partial charge in [0.1, 0.15) is 0 Å². The van der Waals surface area contributed by atoms with Crippen LogP contribution in [0.2, 0.25) is 0 Å². The summed E-state index contributed by atoms with van der Waals surface area (Å²) in [5.74, 6) is -0.888. The highest BCUT2D eigenvalue weighted by Crippen LogP contribution is 2.23. The van der Waals surface area contributed by atoms with Crippen LogP contribution in [-0.2, 0) is 9.57 Å². The van der Waals surface area contributed by atoms with Crippen molar-refractivity contribution in [3.63, 3.8) is 0 Å². The number of hydrogen-bond acceptors (Lipinski definition) is 8. The lowest BCUT2D eigenvalue weighted by molar-refractivity contribution is -0.394. The van der Waals surface area contributed by atoms with Gasteiger partial charge in [-0.3, -0.25) is 20.2 Å². The van der Waals surface area contributed by atoms with E-state index in [0.29, 0.717) is 19.7 Å². The highest BCUT2D eigenvalue weighted by Gasteiger charge is 2.24. The number of benzene rings is 1. The van der Waals surface area contributed by atoms with E-state index >= 15 is 0 Å². The fraction of sp³-hybridized carbons (Fsp3) is 0.417. The lowest BCUT2D eigenvalue weighted by atomic mass is 10.2. The molecule has 0 amide bonds. The summed E-state index contributed by atoms with van der Waals surface area (Å²) < 4.78 is 5.28. The zero-order chi connectivity index (χ0) is 16.3. The first kappa shape index (κ1) is 15.8. The molecule has 1 aliphatic heterocycles. The number of hydrogen-bond donors (Lipinski definition) is 0. The lowest BCUT2D eigenvalue weighted by Crippen LogP contribution is -2.42. The molecule has 0 aliphatic carbocycles. The van der Waals surface area contributed by atoms with Crippen LogP contribution in [0.3, 0.4) is 0 Å². The summed E-state index contributed by atoms with van der Waals surface area (Å²) in [4.78, 5) is 37.1. The summed E-state index contributed by atoms with van der Waals surface area (Å²) in [6, 6.07) is 2.67. The molecule has 0 N–H and O–H groups in total. The number of nitro groups is 2. The summed E-state index contributed by atoms with van der Waals surface area (Å²) in [7, 11) is 0. The van der Waals surface area contributed by atoms with E-state index < -0.39 is 27.2 Å². The van der Waals surface area contributed by atoms with Gasteiger partial charge in [0.2, 0.25) is 0 Å². The largest absolute Gasteiger partial charge is 0.376 e. The molecule has 0 radical (unpaired) electrons. The van der Waals surface area contributed by atoms with Gasteiger partial charge in [0, 0.05) is 12.1 Å². The van der Waals surface area contributed by atoms with E-state index in [-0.39, 0.29) is 11.7 Å². The molecule has 1 fully saturated rings. The molecule has 1 aromatic carbocycles. The molecule has 10 heteroatoms. The molecule has 0 saturated carbocycles. The first-order chi connectivity index (χ1) is 10.4. The van der Waals surface area contributed by atoms with Crippen LogP contribution in [0.1, 0.15) is 17.3 Å². The molecular formula is C12H13N3O7. The van der Waals surface area contributed by atoms with Gasteiger partial charge in [-0.05, 0) is 6.92 Å². The predicted octanol–water partition coefficient (Wildman–Crippen LogP) is 1.30. The van der Waals surface area contributed by atoms with Crippen LogP contribution in [0.5, 0.6) is 0 Å². The van der Waals surface area contributed by atoms with Crippen molar-refractivity contribution in [1.82, 2.24) is 5.06 Å². The SMILES string of the molecule is CC1CN(OC(=O)c2cc([N+](=O)[O-])cc([N+](=O)[O-])c2)CCO1. The van der Waals surface area contributed by atoms with Gasteiger partial charge < -0.3 is 9.57 Å². The summed E-state index contributed by atoms with van der Waals surface area (Å²) in [5, 5.41) is 22.9. The van der Waals surface area contributed by atoms with E-state index in [1.54, 1.807) is 6.92 Å². The summed E-state index contributed by atoms with van der Waals surface area (Å²) >= 11 is 0. The molecule has 1 aliphatic rings. The standard InChI is InChI=1S/C12H13N3O7/c1-8-7-13(2-3-21-8)22-12(16)9-4-10(14(17)18)6-11(5-9)15(19)20/h4-6,8H,2-3,7H2,1H3. The second kappa shape index (κ2) is 6.45. The third kappa shape index (κ3) is 3.74. The van der Waals surface area contributed by atoms with Gasteiger partial charge in [-0.15, -0.1) is 5.06 Å². The van der Waals surface area contributed by atoms with Crippen LogP contribution in [0.4, 0.5) is 11.4 Å². The molecule has 22 heavy (non-hydrogen) atoms. The fourth-order valence-corrected chi connectivity index (χ4v) is 1.96. The van der Waals surface area contributed by atoms with Gasteiger partial charge in [-0.25, -0.2) is 4.79 Å². The number of non-ortho nitro benzene ring substituents is 2. The number of carbonyl (C=O) groups excluding carboxylic acids is 1. The maximum atomic E-state index is 12.0. The Hall–Kier alpha value is -2.59. The third-order valence-corrected chi connectivity index (χ3v) is 2.98. The van der Waals surface area contributed by atoms with Crippen molar-refractivity contribution in [3.05, 3.63) is 44.0 Å². The average molecular weight is 311 g/mol. The van der Waals surface area contributed by atoms with Crippen molar-refractivity contribution in [1.29, 1.82) is 0 Å². The Labute approximate surface area is 124 Å². The zero-order valence-electron chi connectivity index (χ0n) is 11.6. The maximum absolute atomic E-state index is 12.0. The van der Waals surface area contributed by atoms with E-state index in [4.69, 9.17) is 9.57 Å². The molecule has 1 heterocycles. The van der Waals surface area contributed by atoms with Crippen molar-refractivity contribution >= 4 is 17.3 Å². The van der Waals surface area contributed by atoms with E-state index in [0.717, 1.165) is 18.2 Å². The Kier molecular flexibility index (Phi) is 4.63. The predicted molar refractivity (Wildman–Crippen MR) is 72.2 cm³/mol. The molecule has 0 bridgehead atoms. The number of ether oxygens (including phenoxy) is 1. The normalized spacial score (nSPS) is 18.7. The van der Waals surface area contributed by atoms with Gasteiger partial charge in [-0.2, -0.15) is 0 Å². The summed E-state index contributed by atoms with van der Waals surface area (Å²) in [6.07, 6.45) is -0.124. The van der Waals surface area contributed by atoms with Crippen LogP contribution in [0, 0.1) is 20.2 Å². The minimum Gasteiger partial charge on any atom is -0.376 e. The topological polar surface area (TPSA) is 125 Å². The van der Waals surface area contributed by atoms with Gasteiger partial charge in [0.15, 0.2) is 0 Å². The number of nitro benzene ring substituents is 2. The molecule has 10 nitrogen and oxygen atoms in total. The molecule has 0 aromatic heterocycles. The molecular weight excluding hydrogens is 298 g/mol. The Morgan fingerprint density at radius 2 is 1.86 bits per heavy atom. The smallest absolute Gasteiger partial charge is 0.357 e. The second-order valence-electron chi connectivity index (χ2n) is 4.70. The monoisotopic (exact) mass is 311 g/mol. The van der Waals surface area contributed by atoms with Crippen LogP contribution < -0.4 is 0 Å². The summed E-state index contributed by atoms with van der Waals surface area (Å²) in [6.45, 7) is 2.89. The zero-order valence-corrected chi connectivity index (χ0v) is 11.6. The number of nitrogens with zero attached hydrogens (tertiary/aromatic N) is 3. The van der Waals surface area contributed by atoms with E-state index in [1.807, 2.05) is 0 Å². The van der Waals surface area contributed by atoms with Crippen molar-refractivity contribution in [2.45, 2.75) is 13.0 Å². The van der Waals surface area contributed by atoms with Crippen LogP contribution >= 0.6 is 0 Å². The highest BCUT2D eigenvalue weighted by molar-refractivity contribution is 5.90. The lowest BCUT2D eigenvalue weighted by Gasteiger charge is -2.29. The molecule has 1 saturated heterocycles. The Bertz CT molecular complexity index is 586. The maximum Gasteiger partial charge on any atom is 0.357 e. The number of rotatable bonds is 4. The minimum atomic E-state index is -0.888. The molecule has 2 rings (SSSR count). The minimum absolute atomic E-state index is 0.124. The quantitative estimate of drug-likeness (QED) is 0.601. The Balaban J connectivity index is 2.21. The van der Waals surface area contributed by atoms with Crippen molar-refractivity contribution in [2.75, 3.05) is 19.7 Å². The average Bonchev–Trinajstić information content (AvgIpc) is 2.46. The summed E-state index contributed by atoms with van der Waals surface area (Å²) in [5.41, 5.74) is -1.34. The molecule has 1 aromatic rings. The van der Waals surface area contributed by atoms with Gasteiger partial charge >= 0.3 is 5.97 Å². The number of carbonyl (C=O) groups is 1. The van der Waals surface area contributed by atoms with Gasteiger partial charge in [0.05, 0.1) is 47.3 Å². The fourth-order valence-electron chi connectivity index (χ4n) is 1.96. The number of morpholine rings is 1. The van der Waals surface area contributed by atoms with Gasteiger partial charge in [-0.1, -0.05) is 0 Å². The Morgan fingerprint density at radius 1 is 1.27 bits per heavy atom. The van der Waals surface area contributed by atoms with Gasteiger partial charge in [0.25, 0.3) is 11.4 Å². The highest BCUT2D eigenvalue weighted by atomic mass is 16.7. The molecule has 1 atom stereocenters. The molecule has 1 unspecified atom stereocenters. The van der Waals surface area contributed by atoms with E-state index in [9.17, 15) is 25.0 Å². The first-order valence-electron chi connectivity index (χ1n) is 6.39. The van der Waals surface area contributed by atoms with Crippen molar-refractivity contribution in [2.24, 2.45) is 0 Å². The van der Waals surface area contributed by atoms with Crippen LogP contribution in [0.15, 0.2) is 18.2 Å². The first-order valence-corrected chi connectivity index (χ1v) is 6.39. The van der Waals surface area contributed by atoms with Crippen molar-refractivity contribution < 1.29 is 24.2 Å². The Morgan fingerprint density at radius 3 is 2.36 bits per heavy atom. The van der Waals surface area contributed by atoms with Crippen LogP contribution in [0.25, 0.3) is 0 Å².